The monoisotopic (exact) mass is 266 g/mol. The van der Waals surface area contributed by atoms with Crippen molar-refractivity contribution in [3.8, 4) is 0 Å². The number of nitrogens with zero attached hydrogens (tertiary/aromatic N) is 1. The van der Waals surface area contributed by atoms with Gasteiger partial charge >= 0.3 is 0 Å². The number of alkyl halides is 1. The van der Waals surface area contributed by atoms with E-state index < -0.39 is 0 Å². The Kier molecular flexibility index (Phi) is 4.16. The Morgan fingerprint density at radius 3 is 2.61 bits per heavy atom. The van der Waals surface area contributed by atoms with Crippen molar-refractivity contribution in [2.45, 2.75) is 50.8 Å². The van der Waals surface area contributed by atoms with Crippen LogP contribution < -0.4 is 5.32 Å². The molecule has 18 heavy (non-hydrogen) atoms. The molecule has 100 valence electrons. The van der Waals surface area contributed by atoms with E-state index in [0.717, 1.165) is 18.8 Å². The first kappa shape index (κ1) is 13.7. The predicted molar refractivity (Wildman–Crippen MR) is 78.4 cm³/mol. The van der Waals surface area contributed by atoms with Gasteiger partial charge in [-0.2, -0.15) is 0 Å². The average Bonchev–Trinajstić information content (AvgIpc) is 2.72. The summed E-state index contributed by atoms with van der Waals surface area (Å²) in [4.78, 5) is 4.48. The minimum atomic E-state index is 0.165. The molecule has 3 heteroatoms. The molecule has 2 rings (SSSR count). The summed E-state index contributed by atoms with van der Waals surface area (Å²) >= 11 is 6.27. The lowest BCUT2D eigenvalue weighted by molar-refractivity contribution is 0.582. The summed E-state index contributed by atoms with van der Waals surface area (Å²) in [6.45, 7) is 7.55. The van der Waals surface area contributed by atoms with E-state index in [0.29, 0.717) is 11.3 Å². The molecule has 2 atom stereocenters. The van der Waals surface area contributed by atoms with Crippen LogP contribution in [0.15, 0.2) is 18.3 Å². The third-order valence-electron chi connectivity index (χ3n) is 3.74. The molecule has 1 aromatic rings. The molecule has 2 nitrogen and oxygen atoms in total. The molecule has 1 heterocycles. The van der Waals surface area contributed by atoms with Crippen molar-refractivity contribution in [2.24, 2.45) is 5.92 Å². The summed E-state index contributed by atoms with van der Waals surface area (Å²) < 4.78 is 0. The Bertz CT molecular complexity index is 380. The smallest absolute Gasteiger partial charge is 0.125 e. The second-order valence-corrected chi connectivity index (χ2v) is 6.83. The van der Waals surface area contributed by atoms with Gasteiger partial charge in [0.1, 0.15) is 5.82 Å². The van der Waals surface area contributed by atoms with Crippen molar-refractivity contribution < 1.29 is 0 Å². The van der Waals surface area contributed by atoms with Crippen LogP contribution in [-0.4, -0.2) is 16.9 Å². The molecule has 0 bridgehead atoms. The maximum absolute atomic E-state index is 6.27. The van der Waals surface area contributed by atoms with Gasteiger partial charge in [0.15, 0.2) is 0 Å². The molecule has 1 aliphatic rings. The molecule has 0 saturated heterocycles. The van der Waals surface area contributed by atoms with Crippen LogP contribution in [0.5, 0.6) is 0 Å². The van der Waals surface area contributed by atoms with Crippen molar-refractivity contribution in [2.75, 3.05) is 11.9 Å². The van der Waals surface area contributed by atoms with Crippen molar-refractivity contribution >= 4 is 17.4 Å². The molecule has 1 saturated carbocycles. The third-order valence-corrected chi connectivity index (χ3v) is 4.32. The summed E-state index contributed by atoms with van der Waals surface area (Å²) in [5, 5.41) is 3.74. The Labute approximate surface area is 115 Å². The zero-order valence-corrected chi connectivity index (χ0v) is 12.3. The van der Waals surface area contributed by atoms with Gasteiger partial charge in [-0.15, -0.1) is 11.6 Å². The largest absolute Gasteiger partial charge is 0.370 e. The highest BCUT2D eigenvalue weighted by Crippen LogP contribution is 2.30. The van der Waals surface area contributed by atoms with Crippen LogP contribution in [0.4, 0.5) is 5.82 Å². The Balaban J connectivity index is 1.90. The van der Waals surface area contributed by atoms with Crippen molar-refractivity contribution in [3.63, 3.8) is 0 Å². The number of rotatable bonds is 3. The van der Waals surface area contributed by atoms with Gasteiger partial charge in [0.2, 0.25) is 0 Å². The highest BCUT2D eigenvalue weighted by Gasteiger charge is 2.24. The van der Waals surface area contributed by atoms with E-state index in [2.05, 4.69) is 43.2 Å². The number of pyridine rings is 1. The maximum Gasteiger partial charge on any atom is 0.125 e. The second kappa shape index (κ2) is 5.48. The fraction of sp³-hybridized carbons (Fsp3) is 0.667. The standard InChI is InChI=1S/C15H23ClN2/c1-15(2,3)12-7-8-14(18-10-12)17-9-11-5-4-6-13(11)16/h7-8,10-11,13H,4-6,9H2,1-3H3,(H,17,18). The topological polar surface area (TPSA) is 24.9 Å². The molecule has 1 aromatic heterocycles. The first-order chi connectivity index (χ1) is 8.47. The number of halogens is 1. The number of nitrogens with one attached hydrogen (secondary N) is 1. The number of anilines is 1. The first-order valence-electron chi connectivity index (χ1n) is 6.81. The van der Waals surface area contributed by atoms with Gasteiger partial charge in [0.05, 0.1) is 0 Å². The summed E-state index contributed by atoms with van der Waals surface area (Å²) in [6, 6.07) is 4.22. The van der Waals surface area contributed by atoms with Crippen molar-refractivity contribution in [1.29, 1.82) is 0 Å². The van der Waals surface area contributed by atoms with E-state index in [9.17, 15) is 0 Å². The zero-order chi connectivity index (χ0) is 13.2. The molecular formula is C15H23ClN2. The van der Waals surface area contributed by atoms with Gasteiger partial charge in [-0.25, -0.2) is 4.98 Å². The molecule has 1 aliphatic carbocycles. The first-order valence-corrected chi connectivity index (χ1v) is 7.25. The normalized spacial score (nSPS) is 24.2. The minimum absolute atomic E-state index is 0.165. The summed E-state index contributed by atoms with van der Waals surface area (Å²) in [5.41, 5.74) is 1.43. The van der Waals surface area contributed by atoms with Gasteiger partial charge in [-0.3, -0.25) is 0 Å². The number of hydrogen-bond donors (Lipinski definition) is 1. The van der Waals surface area contributed by atoms with Crippen LogP contribution in [0.1, 0.15) is 45.6 Å². The molecular weight excluding hydrogens is 244 g/mol. The second-order valence-electron chi connectivity index (χ2n) is 6.27. The molecule has 2 unspecified atom stereocenters. The molecule has 1 fully saturated rings. The van der Waals surface area contributed by atoms with E-state index in [1.54, 1.807) is 0 Å². The molecule has 0 aromatic carbocycles. The van der Waals surface area contributed by atoms with E-state index in [1.807, 2.05) is 6.20 Å². The minimum Gasteiger partial charge on any atom is -0.370 e. The molecule has 0 aliphatic heterocycles. The van der Waals surface area contributed by atoms with Gasteiger partial charge < -0.3 is 5.32 Å². The molecule has 1 N–H and O–H groups in total. The van der Waals surface area contributed by atoms with Crippen molar-refractivity contribution in [1.82, 2.24) is 4.98 Å². The van der Waals surface area contributed by atoms with Crippen LogP contribution >= 0.6 is 11.6 Å². The summed E-state index contributed by atoms with van der Waals surface area (Å²) in [7, 11) is 0. The van der Waals surface area contributed by atoms with Crippen LogP contribution in [-0.2, 0) is 5.41 Å². The Hall–Kier alpha value is -0.760. The van der Waals surface area contributed by atoms with E-state index in [1.165, 1.54) is 18.4 Å². The number of aromatic nitrogens is 1. The molecule has 0 spiro atoms. The van der Waals surface area contributed by atoms with Crippen LogP contribution in [0.2, 0.25) is 0 Å². The van der Waals surface area contributed by atoms with Crippen LogP contribution in [0.25, 0.3) is 0 Å². The summed E-state index contributed by atoms with van der Waals surface area (Å²) in [5.74, 6) is 1.55. The lowest BCUT2D eigenvalue weighted by atomic mass is 9.88. The predicted octanol–water partition coefficient (Wildman–Crippen LogP) is 4.20. The quantitative estimate of drug-likeness (QED) is 0.830. The summed E-state index contributed by atoms with van der Waals surface area (Å²) in [6.07, 6.45) is 5.62. The average molecular weight is 267 g/mol. The van der Waals surface area contributed by atoms with E-state index >= 15 is 0 Å². The molecule has 0 radical (unpaired) electrons. The Morgan fingerprint density at radius 1 is 1.33 bits per heavy atom. The van der Waals surface area contributed by atoms with Gasteiger partial charge in [-0.05, 0) is 35.8 Å². The third kappa shape index (κ3) is 3.38. The van der Waals surface area contributed by atoms with Crippen LogP contribution in [0, 0.1) is 5.92 Å². The van der Waals surface area contributed by atoms with E-state index in [4.69, 9.17) is 11.6 Å². The van der Waals surface area contributed by atoms with Crippen LogP contribution in [0.3, 0.4) is 0 Å². The fourth-order valence-electron chi connectivity index (χ4n) is 2.40. The SMILES string of the molecule is CC(C)(C)c1ccc(NCC2CCCC2Cl)nc1. The maximum atomic E-state index is 6.27. The highest BCUT2D eigenvalue weighted by molar-refractivity contribution is 6.20. The van der Waals surface area contributed by atoms with Gasteiger partial charge in [0, 0.05) is 18.1 Å². The Morgan fingerprint density at radius 2 is 2.11 bits per heavy atom. The molecule has 0 amide bonds. The van der Waals surface area contributed by atoms with Gasteiger partial charge in [0.25, 0.3) is 0 Å². The lowest BCUT2D eigenvalue weighted by Gasteiger charge is -2.19. The van der Waals surface area contributed by atoms with Crippen molar-refractivity contribution in [3.05, 3.63) is 23.9 Å². The number of hydrogen-bond acceptors (Lipinski definition) is 2. The lowest BCUT2D eigenvalue weighted by Crippen LogP contribution is -2.19. The zero-order valence-electron chi connectivity index (χ0n) is 11.5. The van der Waals surface area contributed by atoms with E-state index in [-0.39, 0.29) is 5.41 Å². The van der Waals surface area contributed by atoms with Gasteiger partial charge in [-0.1, -0.05) is 33.3 Å². The fourth-order valence-corrected chi connectivity index (χ4v) is 2.77. The highest BCUT2D eigenvalue weighted by atomic mass is 35.5.